The van der Waals surface area contributed by atoms with Crippen LogP contribution in [0.25, 0.3) is 22.1 Å². The number of carboxylic acid groups (broad SMARTS) is 1. The molecule has 3 aromatic rings. The molecule has 0 unspecified atom stereocenters. The molecule has 0 saturated carbocycles. The maximum atomic E-state index is 13.0. The van der Waals surface area contributed by atoms with Gasteiger partial charge in [0.2, 0.25) is 17.0 Å². The van der Waals surface area contributed by atoms with Crippen LogP contribution in [0, 0.1) is 0 Å². The minimum absolute atomic E-state index is 0.0162. The minimum atomic E-state index is -1.25. The van der Waals surface area contributed by atoms with Gasteiger partial charge >= 0.3 is 5.97 Å². The summed E-state index contributed by atoms with van der Waals surface area (Å²) >= 11 is 0. The lowest BCUT2D eigenvalue weighted by Gasteiger charge is -2.31. The number of carbonyl (C=O) groups is 2. The number of hydrogen-bond donors (Lipinski definition) is 2. The molecule has 3 N–H and O–H groups in total. The number of nitrogens with two attached hydrogens (primary N) is 1. The van der Waals surface area contributed by atoms with Crippen molar-refractivity contribution >= 4 is 39.8 Å². The van der Waals surface area contributed by atoms with Crippen molar-refractivity contribution in [2.45, 2.75) is 25.7 Å². The van der Waals surface area contributed by atoms with Crippen LogP contribution in [0.15, 0.2) is 33.5 Å². The van der Waals surface area contributed by atoms with Gasteiger partial charge < -0.3 is 20.2 Å². The smallest absolute Gasteiger partial charge is 0.339 e. The molecule has 1 fully saturated rings. The number of aromatic nitrogens is 1. The van der Waals surface area contributed by atoms with Gasteiger partial charge in [0.15, 0.2) is 0 Å². The summed E-state index contributed by atoms with van der Waals surface area (Å²) in [6.45, 7) is 2.95. The first-order valence-corrected chi connectivity index (χ1v) is 9.01. The number of anilines is 1. The Morgan fingerprint density at radius 2 is 1.93 bits per heavy atom. The van der Waals surface area contributed by atoms with Crippen LogP contribution in [0.3, 0.4) is 0 Å². The number of nitrogen functional groups attached to an aromatic ring is 1. The van der Waals surface area contributed by atoms with Crippen molar-refractivity contribution in [3.8, 4) is 0 Å². The van der Waals surface area contributed by atoms with Crippen LogP contribution in [0.1, 0.15) is 41.6 Å². The van der Waals surface area contributed by atoms with E-state index in [-0.39, 0.29) is 39.7 Å². The molecule has 1 saturated heterocycles. The molecule has 1 amide bonds. The van der Waals surface area contributed by atoms with Crippen LogP contribution in [0.4, 0.5) is 5.82 Å². The standard InChI is InChI=1S/C20H19N3O5/c1-10(24)23-6-4-11(5-7-23)12-2-3-16-13(8-12)17(25)14-9-15(20(26)27)18(21)22-19(14)28-16/h2-3,8-9,11H,4-7H2,1H3,(H2,21,22)(H,26,27). The van der Waals surface area contributed by atoms with E-state index in [4.69, 9.17) is 10.2 Å². The Kier molecular flexibility index (Phi) is 4.26. The van der Waals surface area contributed by atoms with Crippen LogP contribution in [0.5, 0.6) is 0 Å². The molecule has 28 heavy (non-hydrogen) atoms. The van der Waals surface area contributed by atoms with Gasteiger partial charge in [0.1, 0.15) is 17.0 Å². The number of hydrogen-bond acceptors (Lipinski definition) is 6. The Balaban J connectivity index is 1.79. The van der Waals surface area contributed by atoms with E-state index in [1.165, 1.54) is 6.07 Å². The second-order valence-electron chi connectivity index (χ2n) is 7.05. The van der Waals surface area contributed by atoms with E-state index < -0.39 is 5.97 Å². The van der Waals surface area contributed by atoms with Gasteiger partial charge in [-0.3, -0.25) is 9.59 Å². The number of pyridine rings is 1. The van der Waals surface area contributed by atoms with Crippen molar-refractivity contribution in [1.82, 2.24) is 9.88 Å². The molecular formula is C20H19N3O5. The third kappa shape index (κ3) is 2.96. The average Bonchev–Trinajstić information content (AvgIpc) is 2.67. The second kappa shape index (κ2) is 6.63. The monoisotopic (exact) mass is 381 g/mol. The van der Waals surface area contributed by atoms with Crippen molar-refractivity contribution in [2.24, 2.45) is 0 Å². The zero-order valence-electron chi connectivity index (χ0n) is 15.3. The zero-order chi connectivity index (χ0) is 20.0. The minimum Gasteiger partial charge on any atom is -0.478 e. The Morgan fingerprint density at radius 1 is 1.21 bits per heavy atom. The molecule has 2 aromatic heterocycles. The van der Waals surface area contributed by atoms with Gasteiger partial charge in [-0.15, -0.1) is 0 Å². The fourth-order valence-corrected chi connectivity index (χ4v) is 3.77. The Labute approximate surface area is 159 Å². The summed E-state index contributed by atoms with van der Waals surface area (Å²) in [5.74, 6) is -1.13. The topological polar surface area (TPSA) is 127 Å². The highest BCUT2D eigenvalue weighted by Gasteiger charge is 2.23. The fourth-order valence-electron chi connectivity index (χ4n) is 3.77. The molecule has 8 nitrogen and oxygen atoms in total. The largest absolute Gasteiger partial charge is 0.478 e. The van der Waals surface area contributed by atoms with E-state index in [1.807, 2.05) is 11.0 Å². The maximum Gasteiger partial charge on any atom is 0.339 e. The van der Waals surface area contributed by atoms with E-state index in [2.05, 4.69) is 4.98 Å². The summed E-state index contributed by atoms with van der Waals surface area (Å²) in [5, 5.41) is 9.69. The molecule has 0 radical (unpaired) electrons. The molecule has 1 aliphatic rings. The molecule has 3 heterocycles. The van der Waals surface area contributed by atoms with Gasteiger partial charge in [-0.25, -0.2) is 4.79 Å². The van der Waals surface area contributed by atoms with E-state index in [0.717, 1.165) is 18.4 Å². The van der Waals surface area contributed by atoms with E-state index in [0.29, 0.717) is 24.1 Å². The highest BCUT2D eigenvalue weighted by Crippen LogP contribution is 2.30. The van der Waals surface area contributed by atoms with Crippen LogP contribution in [-0.4, -0.2) is 40.0 Å². The predicted molar refractivity (Wildman–Crippen MR) is 103 cm³/mol. The first kappa shape index (κ1) is 18.0. The van der Waals surface area contributed by atoms with Crippen molar-refractivity contribution in [2.75, 3.05) is 18.8 Å². The number of rotatable bonds is 2. The number of carbonyl (C=O) groups excluding carboxylic acids is 1. The predicted octanol–water partition coefficient (Wildman–Crippen LogP) is 2.35. The summed E-state index contributed by atoms with van der Waals surface area (Å²) in [4.78, 5) is 41.5. The Morgan fingerprint density at radius 3 is 2.57 bits per heavy atom. The van der Waals surface area contributed by atoms with Crippen LogP contribution >= 0.6 is 0 Å². The molecule has 0 spiro atoms. The molecule has 8 heteroatoms. The molecule has 1 aromatic carbocycles. The average molecular weight is 381 g/mol. The normalized spacial score (nSPS) is 15.2. The van der Waals surface area contributed by atoms with Gasteiger partial charge in [0, 0.05) is 20.0 Å². The van der Waals surface area contributed by atoms with Crippen molar-refractivity contribution in [3.63, 3.8) is 0 Å². The summed E-state index contributed by atoms with van der Waals surface area (Å²) in [7, 11) is 0. The molecular weight excluding hydrogens is 362 g/mol. The third-order valence-electron chi connectivity index (χ3n) is 5.36. The van der Waals surface area contributed by atoms with Crippen molar-refractivity contribution in [3.05, 3.63) is 45.6 Å². The maximum absolute atomic E-state index is 13.0. The number of aromatic carboxylic acids is 1. The SMILES string of the molecule is CC(=O)N1CCC(c2ccc3oc4nc(N)c(C(=O)O)cc4c(=O)c3c2)CC1. The number of piperidine rings is 1. The number of carboxylic acids is 1. The van der Waals surface area contributed by atoms with Crippen LogP contribution < -0.4 is 11.2 Å². The van der Waals surface area contributed by atoms with Gasteiger partial charge in [-0.1, -0.05) is 6.07 Å². The lowest BCUT2D eigenvalue weighted by atomic mass is 9.88. The van der Waals surface area contributed by atoms with Crippen molar-refractivity contribution < 1.29 is 19.1 Å². The van der Waals surface area contributed by atoms with Gasteiger partial charge in [-0.2, -0.15) is 4.98 Å². The van der Waals surface area contributed by atoms with Crippen LogP contribution in [0.2, 0.25) is 0 Å². The number of benzene rings is 1. The highest BCUT2D eigenvalue weighted by atomic mass is 16.4. The Bertz CT molecular complexity index is 1180. The second-order valence-corrected chi connectivity index (χ2v) is 7.05. The molecule has 1 aliphatic heterocycles. The molecule has 4 rings (SSSR count). The summed E-state index contributed by atoms with van der Waals surface area (Å²) in [5.41, 5.74) is 6.48. The third-order valence-corrected chi connectivity index (χ3v) is 5.36. The number of likely N-dealkylation sites (tertiary alicyclic amines) is 1. The first-order chi connectivity index (χ1) is 13.3. The lowest BCUT2D eigenvalue weighted by Crippen LogP contribution is -2.36. The van der Waals surface area contributed by atoms with E-state index >= 15 is 0 Å². The summed E-state index contributed by atoms with van der Waals surface area (Å²) < 4.78 is 5.70. The molecule has 144 valence electrons. The molecule has 0 bridgehead atoms. The quantitative estimate of drug-likeness (QED) is 0.652. The lowest BCUT2D eigenvalue weighted by molar-refractivity contribution is -0.129. The number of amides is 1. The van der Waals surface area contributed by atoms with Gasteiger partial charge in [-0.05, 0) is 42.5 Å². The molecule has 0 atom stereocenters. The summed E-state index contributed by atoms with van der Waals surface area (Å²) in [6, 6.07) is 6.65. The Hall–Kier alpha value is -3.42. The summed E-state index contributed by atoms with van der Waals surface area (Å²) in [6.07, 6.45) is 1.65. The van der Waals surface area contributed by atoms with E-state index in [1.54, 1.807) is 19.1 Å². The van der Waals surface area contributed by atoms with Gasteiger partial charge in [0.05, 0.1) is 10.8 Å². The molecule has 0 aliphatic carbocycles. The van der Waals surface area contributed by atoms with E-state index in [9.17, 15) is 19.5 Å². The number of nitrogens with zero attached hydrogens (tertiary/aromatic N) is 2. The fraction of sp³-hybridized carbons (Fsp3) is 0.300. The van der Waals surface area contributed by atoms with Crippen molar-refractivity contribution in [1.29, 1.82) is 0 Å². The highest BCUT2D eigenvalue weighted by molar-refractivity contribution is 5.98. The number of fused-ring (bicyclic) bond motifs is 2. The van der Waals surface area contributed by atoms with Gasteiger partial charge in [0.25, 0.3) is 0 Å². The van der Waals surface area contributed by atoms with Crippen LogP contribution in [-0.2, 0) is 4.79 Å². The zero-order valence-corrected chi connectivity index (χ0v) is 15.3. The first-order valence-electron chi connectivity index (χ1n) is 9.01.